The summed E-state index contributed by atoms with van der Waals surface area (Å²) in [5.74, 6) is 1.90. The van der Waals surface area contributed by atoms with Gasteiger partial charge in [-0.25, -0.2) is 4.98 Å². The molecule has 16 heavy (non-hydrogen) atoms. The minimum absolute atomic E-state index is 0.291. The minimum Gasteiger partial charge on any atom is -0.496 e. The maximum Gasteiger partial charge on any atom is 0.208 e. The average molecular weight is 283 g/mol. The molecule has 0 aliphatic rings. The monoisotopic (exact) mass is 282 g/mol. The van der Waals surface area contributed by atoms with Crippen LogP contribution in [0.25, 0.3) is 11.3 Å². The number of aromatic nitrogens is 1. The van der Waals surface area contributed by atoms with Gasteiger partial charge in [0.25, 0.3) is 0 Å². The molecule has 2 N–H and O–H groups in total. The first kappa shape index (κ1) is 11.2. The van der Waals surface area contributed by atoms with E-state index >= 15 is 0 Å². The number of nitrogens with zero attached hydrogens (tertiary/aromatic N) is 1. The van der Waals surface area contributed by atoms with Gasteiger partial charge in [-0.2, -0.15) is 0 Å². The Balaban J connectivity index is 2.46. The van der Waals surface area contributed by atoms with Crippen LogP contribution in [0.1, 0.15) is 5.89 Å². The van der Waals surface area contributed by atoms with Crippen LogP contribution in [-0.4, -0.2) is 12.1 Å². The van der Waals surface area contributed by atoms with E-state index in [1.165, 1.54) is 0 Å². The smallest absolute Gasteiger partial charge is 0.208 e. The van der Waals surface area contributed by atoms with Crippen LogP contribution in [0.3, 0.4) is 0 Å². The summed E-state index contributed by atoms with van der Waals surface area (Å²) in [4.78, 5) is 4.05. The number of benzene rings is 1. The zero-order valence-electron chi connectivity index (χ0n) is 8.74. The Bertz CT molecular complexity index is 496. The molecule has 1 aromatic carbocycles. The van der Waals surface area contributed by atoms with Crippen molar-refractivity contribution in [2.45, 2.75) is 6.54 Å². The van der Waals surface area contributed by atoms with Crippen LogP contribution in [0, 0.1) is 0 Å². The van der Waals surface area contributed by atoms with Gasteiger partial charge < -0.3 is 14.9 Å². The molecule has 0 fully saturated rings. The molecule has 1 heterocycles. The number of rotatable bonds is 3. The molecule has 0 bridgehead atoms. The molecule has 0 aliphatic carbocycles. The van der Waals surface area contributed by atoms with E-state index in [1.807, 2.05) is 18.2 Å². The van der Waals surface area contributed by atoms with E-state index in [9.17, 15) is 0 Å². The van der Waals surface area contributed by atoms with Crippen molar-refractivity contribution < 1.29 is 9.15 Å². The van der Waals surface area contributed by atoms with Crippen molar-refractivity contribution in [2.75, 3.05) is 7.11 Å². The van der Waals surface area contributed by atoms with Gasteiger partial charge >= 0.3 is 0 Å². The van der Waals surface area contributed by atoms with Crippen LogP contribution in [0.15, 0.2) is 33.3 Å². The first-order valence-electron chi connectivity index (χ1n) is 4.73. The van der Waals surface area contributed by atoms with Gasteiger partial charge in [-0.05, 0) is 18.2 Å². The van der Waals surface area contributed by atoms with E-state index in [0.29, 0.717) is 18.2 Å². The van der Waals surface area contributed by atoms with Gasteiger partial charge in [0.15, 0.2) is 5.76 Å². The number of ether oxygens (including phenoxy) is 1. The highest BCUT2D eigenvalue weighted by molar-refractivity contribution is 9.10. The van der Waals surface area contributed by atoms with Gasteiger partial charge in [-0.3, -0.25) is 0 Å². The molecule has 0 aliphatic heterocycles. The van der Waals surface area contributed by atoms with Gasteiger partial charge in [0.05, 0.1) is 25.4 Å². The Hall–Kier alpha value is -1.33. The minimum atomic E-state index is 0.291. The molecule has 0 spiro atoms. The Kier molecular flexibility index (Phi) is 3.26. The lowest BCUT2D eigenvalue weighted by Crippen LogP contribution is -1.94. The largest absolute Gasteiger partial charge is 0.496 e. The normalized spacial score (nSPS) is 10.4. The molecular weight excluding hydrogens is 272 g/mol. The molecule has 4 nitrogen and oxygen atoms in total. The summed E-state index contributed by atoms with van der Waals surface area (Å²) < 4.78 is 11.7. The van der Waals surface area contributed by atoms with E-state index in [0.717, 1.165) is 15.8 Å². The fourth-order valence-electron chi connectivity index (χ4n) is 1.40. The summed E-state index contributed by atoms with van der Waals surface area (Å²) in [6, 6.07) is 5.70. The molecule has 1 aromatic heterocycles. The van der Waals surface area contributed by atoms with Crippen molar-refractivity contribution in [3.05, 3.63) is 34.8 Å². The standard InChI is InChI=1S/C11H11BrN2O2/c1-15-9-4-7(12)2-3-8(9)10-6-14-11(5-13)16-10/h2-4,6H,5,13H2,1H3. The molecule has 2 aromatic rings. The van der Waals surface area contributed by atoms with Crippen LogP contribution in [-0.2, 0) is 6.54 Å². The second-order valence-corrected chi connectivity index (χ2v) is 4.08. The number of hydrogen-bond acceptors (Lipinski definition) is 4. The Morgan fingerprint density at radius 3 is 2.94 bits per heavy atom. The lowest BCUT2D eigenvalue weighted by molar-refractivity contribution is 0.413. The predicted molar refractivity (Wildman–Crippen MR) is 64.1 cm³/mol. The zero-order chi connectivity index (χ0) is 11.5. The molecule has 2 rings (SSSR count). The third-order valence-electron chi connectivity index (χ3n) is 2.16. The first-order chi connectivity index (χ1) is 7.74. The van der Waals surface area contributed by atoms with E-state index in [4.69, 9.17) is 14.9 Å². The van der Waals surface area contributed by atoms with E-state index in [-0.39, 0.29) is 0 Å². The lowest BCUT2D eigenvalue weighted by atomic mass is 10.1. The van der Waals surface area contributed by atoms with Gasteiger partial charge in [0.2, 0.25) is 5.89 Å². The predicted octanol–water partition coefficient (Wildman–Crippen LogP) is 2.57. The van der Waals surface area contributed by atoms with Crippen LogP contribution in [0.5, 0.6) is 5.75 Å². The Morgan fingerprint density at radius 2 is 2.31 bits per heavy atom. The number of halogens is 1. The van der Waals surface area contributed by atoms with Crippen LogP contribution in [0.4, 0.5) is 0 Å². The fourth-order valence-corrected chi connectivity index (χ4v) is 1.74. The maximum absolute atomic E-state index is 5.47. The highest BCUT2D eigenvalue weighted by Crippen LogP contribution is 2.32. The molecule has 0 saturated carbocycles. The van der Waals surface area contributed by atoms with Crippen molar-refractivity contribution in [1.29, 1.82) is 0 Å². The highest BCUT2D eigenvalue weighted by Gasteiger charge is 2.11. The van der Waals surface area contributed by atoms with Crippen molar-refractivity contribution in [3.8, 4) is 17.1 Å². The number of nitrogens with two attached hydrogens (primary N) is 1. The second kappa shape index (κ2) is 4.67. The SMILES string of the molecule is COc1cc(Br)ccc1-c1cnc(CN)o1. The van der Waals surface area contributed by atoms with Gasteiger partial charge in [0, 0.05) is 4.47 Å². The van der Waals surface area contributed by atoms with Gasteiger partial charge in [-0.1, -0.05) is 15.9 Å². The Labute approximate surface area is 102 Å². The third-order valence-corrected chi connectivity index (χ3v) is 2.65. The molecule has 0 radical (unpaired) electrons. The maximum atomic E-state index is 5.47. The van der Waals surface area contributed by atoms with Crippen LogP contribution in [0.2, 0.25) is 0 Å². The van der Waals surface area contributed by atoms with E-state index < -0.39 is 0 Å². The highest BCUT2D eigenvalue weighted by atomic mass is 79.9. The quantitative estimate of drug-likeness (QED) is 0.940. The van der Waals surface area contributed by atoms with Crippen molar-refractivity contribution in [3.63, 3.8) is 0 Å². The topological polar surface area (TPSA) is 61.3 Å². The van der Waals surface area contributed by atoms with Crippen molar-refractivity contribution in [2.24, 2.45) is 5.73 Å². The first-order valence-corrected chi connectivity index (χ1v) is 5.52. The van der Waals surface area contributed by atoms with Crippen LogP contribution >= 0.6 is 15.9 Å². The fraction of sp³-hybridized carbons (Fsp3) is 0.182. The molecule has 0 unspecified atom stereocenters. The summed E-state index contributed by atoms with van der Waals surface area (Å²) in [6.07, 6.45) is 1.65. The van der Waals surface area contributed by atoms with Gasteiger partial charge in [-0.15, -0.1) is 0 Å². The summed E-state index contributed by atoms with van der Waals surface area (Å²) in [7, 11) is 1.62. The van der Waals surface area contributed by atoms with Crippen LogP contribution < -0.4 is 10.5 Å². The van der Waals surface area contributed by atoms with Gasteiger partial charge in [0.1, 0.15) is 5.75 Å². The number of hydrogen-bond donors (Lipinski definition) is 1. The molecule has 84 valence electrons. The second-order valence-electron chi connectivity index (χ2n) is 3.17. The number of oxazole rings is 1. The summed E-state index contributed by atoms with van der Waals surface area (Å²) in [5.41, 5.74) is 6.30. The summed E-state index contributed by atoms with van der Waals surface area (Å²) >= 11 is 3.38. The molecular formula is C11H11BrN2O2. The lowest BCUT2D eigenvalue weighted by Gasteiger charge is -2.05. The van der Waals surface area contributed by atoms with E-state index in [2.05, 4.69) is 20.9 Å². The molecule has 0 atom stereocenters. The zero-order valence-corrected chi connectivity index (χ0v) is 10.3. The molecule has 0 amide bonds. The molecule has 0 saturated heterocycles. The van der Waals surface area contributed by atoms with Crippen molar-refractivity contribution in [1.82, 2.24) is 4.98 Å². The Morgan fingerprint density at radius 1 is 1.50 bits per heavy atom. The summed E-state index contributed by atoms with van der Waals surface area (Å²) in [6.45, 7) is 0.291. The third kappa shape index (κ3) is 2.10. The number of methoxy groups -OCH3 is 1. The molecule has 5 heteroatoms. The average Bonchev–Trinajstić information content (AvgIpc) is 2.77. The summed E-state index contributed by atoms with van der Waals surface area (Å²) in [5, 5.41) is 0. The van der Waals surface area contributed by atoms with E-state index in [1.54, 1.807) is 13.3 Å². The van der Waals surface area contributed by atoms with Crippen molar-refractivity contribution >= 4 is 15.9 Å².